The van der Waals surface area contributed by atoms with Gasteiger partial charge in [-0.1, -0.05) is 36.4 Å². The summed E-state index contributed by atoms with van der Waals surface area (Å²) in [5.41, 5.74) is 9.67. The van der Waals surface area contributed by atoms with Gasteiger partial charge in [-0.3, -0.25) is 5.32 Å². The number of anilines is 2. The minimum Gasteiger partial charge on any atom is -0.453 e. The highest BCUT2D eigenvalue weighted by Crippen LogP contribution is 2.19. The molecule has 4 nitrogen and oxygen atoms in total. The van der Waals surface area contributed by atoms with Crippen molar-refractivity contribution in [1.82, 2.24) is 0 Å². The van der Waals surface area contributed by atoms with E-state index in [2.05, 4.69) is 10.1 Å². The van der Waals surface area contributed by atoms with E-state index in [9.17, 15) is 4.79 Å². The summed E-state index contributed by atoms with van der Waals surface area (Å²) in [4.78, 5) is 11.3. The normalized spacial score (nSPS) is 10.1. The summed E-state index contributed by atoms with van der Waals surface area (Å²) in [7, 11) is 1.35. The van der Waals surface area contributed by atoms with Gasteiger partial charge < -0.3 is 10.5 Å². The second kappa shape index (κ2) is 6.61. The summed E-state index contributed by atoms with van der Waals surface area (Å²) in [6.45, 7) is 0. The number of para-hydroxylation sites is 2. The van der Waals surface area contributed by atoms with Crippen molar-refractivity contribution in [3.8, 4) is 0 Å². The van der Waals surface area contributed by atoms with Gasteiger partial charge >= 0.3 is 6.09 Å². The van der Waals surface area contributed by atoms with E-state index in [-0.39, 0.29) is 0 Å². The third-order valence-electron chi connectivity index (χ3n) is 3.16. The number of nitrogen functional groups attached to an aromatic ring is 1. The molecule has 0 heterocycles. The van der Waals surface area contributed by atoms with E-state index in [0.29, 0.717) is 0 Å². The van der Waals surface area contributed by atoms with Crippen LogP contribution >= 0.6 is 0 Å². The molecule has 0 saturated carbocycles. The molecule has 0 aliphatic heterocycles. The van der Waals surface area contributed by atoms with Crippen LogP contribution in [0.4, 0.5) is 16.2 Å². The average Bonchev–Trinajstić information content (AvgIpc) is 2.47. The van der Waals surface area contributed by atoms with E-state index in [1.165, 1.54) is 7.11 Å². The Hall–Kier alpha value is -2.49. The molecule has 2 aromatic rings. The molecule has 2 aromatic carbocycles. The molecule has 2 rings (SSSR count). The van der Waals surface area contributed by atoms with Crippen molar-refractivity contribution in [2.75, 3.05) is 18.2 Å². The van der Waals surface area contributed by atoms with E-state index < -0.39 is 6.09 Å². The topological polar surface area (TPSA) is 64.3 Å². The number of amides is 1. The van der Waals surface area contributed by atoms with Crippen LogP contribution in [0.25, 0.3) is 0 Å². The largest absolute Gasteiger partial charge is 0.453 e. The van der Waals surface area contributed by atoms with Gasteiger partial charge in [0.2, 0.25) is 0 Å². The fourth-order valence-corrected chi connectivity index (χ4v) is 2.05. The molecule has 0 radical (unpaired) electrons. The van der Waals surface area contributed by atoms with Crippen LogP contribution in [0.2, 0.25) is 0 Å². The van der Waals surface area contributed by atoms with Crippen molar-refractivity contribution in [1.29, 1.82) is 0 Å². The number of nitrogens with one attached hydrogen (secondary N) is 1. The fourth-order valence-electron chi connectivity index (χ4n) is 2.05. The van der Waals surface area contributed by atoms with Crippen molar-refractivity contribution < 1.29 is 9.53 Å². The van der Waals surface area contributed by atoms with Crippen LogP contribution in [-0.4, -0.2) is 13.2 Å². The first-order chi connectivity index (χ1) is 9.70. The molecule has 20 heavy (non-hydrogen) atoms. The molecule has 3 N–H and O–H groups in total. The van der Waals surface area contributed by atoms with Gasteiger partial charge in [-0.15, -0.1) is 0 Å². The van der Waals surface area contributed by atoms with Crippen LogP contribution < -0.4 is 11.1 Å². The minimum absolute atomic E-state index is 0.461. The number of hydrogen-bond acceptors (Lipinski definition) is 3. The Morgan fingerprint density at radius 3 is 2.35 bits per heavy atom. The van der Waals surface area contributed by atoms with E-state index >= 15 is 0 Å². The first-order valence-electron chi connectivity index (χ1n) is 6.47. The zero-order chi connectivity index (χ0) is 14.4. The predicted molar refractivity (Wildman–Crippen MR) is 80.7 cm³/mol. The fraction of sp³-hybridized carbons (Fsp3) is 0.188. The summed E-state index contributed by atoms with van der Waals surface area (Å²) in [5, 5.41) is 2.72. The molecule has 4 heteroatoms. The van der Waals surface area contributed by atoms with Gasteiger partial charge in [0.1, 0.15) is 0 Å². The van der Waals surface area contributed by atoms with Gasteiger partial charge in [-0.2, -0.15) is 0 Å². The third kappa shape index (κ3) is 3.51. The van der Waals surface area contributed by atoms with E-state index in [0.717, 1.165) is 35.3 Å². The highest BCUT2D eigenvalue weighted by Gasteiger charge is 2.07. The number of methoxy groups -OCH3 is 1. The van der Waals surface area contributed by atoms with Crippen LogP contribution in [0.15, 0.2) is 48.5 Å². The van der Waals surface area contributed by atoms with Crippen molar-refractivity contribution in [3.05, 3.63) is 59.7 Å². The van der Waals surface area contributed by atoms with Gasteiger partial charge in [-0.25, -0.2) is 4.79 Å². The summed E-state index contributed by atoms with van der Waals surface area (Å²) < 4.78 is 4.62. The summed E-state index contributed by atoms with van der Waals surface area (Å²) >= 11 is 0. The average molecular weight is 270 g/mol. The molecule has 0 aliphatic carbocycles. The highest BCUT2D eigenvalue weighted by atomic mass is 16.5. The Balaban J connectivity index is 2.10. The quantitative estimate of drug-likeness (QED) is 0.838. The van der Waals surface area contributed by atoms with Crippen molar-refractivity contribution >= 4 is 17.5 Å². The highest BCUT2D eigenvalue weighted by molar-refractivity contribution is 5.85. The molecule has 0 spiro atoms. The Bertz CT molecular complexity index is 597. The van der Waals surface area contributed by atoms with E-state index in [4.69, 9.17) is 5.73 Å². The van der Waals surface area contributed by atoms with Crippen LogP contribution in [-0.2, 0) is 17.6 Å². The van der Waals surface area contributed by atoms with Crippen molar-refractivity contribution in [3.63, 3.8) is 0 Å². The summed E-state index contributed by atoms with van der Waals surface area (Å²) in [6.07, 6.45) is 1.16. The molecule has 0 atom stereocenters. The lowest BCUT2D eigenvalue weighted by Crippen LogP contribution is -2.12. The van der Waals surface area contributed by atoms with E-state index in [1.54, 1.807) is 0 Å². The second-order valence-electron chi connectivity index (χ2n) is 4.47. The number of carbonyl (C=O) groups is 1. The number of benzene rings is 2. The van der Waals surface area contributed by atoms with Crippen molar-refractivity contribution in [2.45, 2.75) is 12.8 Å². The van der Waals surface area contributed by atoms with Crippen LogP contribution in [0.1, 0.15) is 11.1 Å². The number of carbonyl (C=O) groups excluding carboxylic acids is 1. The smallest absolute Gasteiger partial charge is 0.411 e. The van der Waals surface area contributed by atoms with Gasteiger partial charge in [0.25, 0.3) is 0 Å². The van der Waals surface area contributed by atoms with Gasteiger partial charge in [0.15, 0.2) is 0 Å². The molecule has 0 bridgehead atoms. The predicted octanol–water partition coefficient (Wildman–Crippen LogP) is 3.23. The Labute approximate surface area is 118 Å². The SMILES string of the molecule is COC(=O)Nc1ccccc1CCc1ccccc1N. The van der Waals surface area contributed by atoms with Gasteiger partial charge in [0, 0.05) is 11.4 Å². The standard InChI is InChI=1S/C16H18N2O2/c1-20-16(19)18-15-9-5-3-7-13(15)11-10-12-6-2-4-8-14(12)17/h2-9H,10-11,17H2,1H3,(H,18,19). The molecule has 1 amide bonds. The maximum atomic E-state index is 11.3. The third-order valence-corrected chi connectivity index (χ3v) is 3.16. The first kappa shape index (κ1) is 13.9. The molecule has 0 fully saturated rings. The number of aryl methyl sites for hydroxylation is 2. The van der Waals surface area contributed by atoms with Gasteiger partial charge in [-0.05, 0) is 36.1 Å². The molecule has 104 valence electrons. The van der Waals surface area contributed by atoms with Gasteiger partial charge in [0.05, 0.1) is 7.11 Å². The number of rotatable bonds is 4. The van der Waals surface area contributed by atoms with Crippen LogP contribution in [0.5, 0.6) is 0 Å². The Morgan fingerprint density at radius 1 is 1.05 bits per heavy atom. The number of nitrogens with two attached hydrogens (primary N) is 1. The lowest BCUT2D eigenvalue weighted by atomic mass is 10.0. The number of hydrogen-bond donors (Lipinski definition) is 2. The molecule has 0 unspecified atom stereocenters. The second-order valence-corrected chi connectivity index (χ2v) is 4.47. The maximum Gasteiger partial charge on any atom is 0.411 e. The zero-order valence-corrected chi connectivity index (χ0v) is 11.4. The van der Waals surface area contributed by atoms with Crippen molar-refractivity contribution in [2.24, 2.45) is 0 Å². The summed E-state index contributed by atoms with van der Waals surface area (Å²) in [6, 6.07) is 15.5. The summed E-state index contributed by atoms with van der Waals surface area (Å²) in [5.74, 6) is 0. The Morgan fingerprint density at radius 2 is 1.65 bits per heavy atom. The molecular weight excluding hydrogens is 252 g/mol. The lowest BCUT2D eigenvalue weighted by molar-refractivity contribution is 0.187. The van der Waals surface area contributed by atoms with Crippen LogP contribution in [0.3, 0.4) is 0 Å². The van der Waals surface area contributed by atoms with E-state index in [1.807, 2.05) is 48.5 Å². The first-order valence-corrected chi connectivity index (χ1v) is 6.47. The molecule has 0 aromatic heterocycles. The monoisotopic (exact) mass is 270 g/mol. The molecular formula is C16H18N2O2. The Kier molecular flexibility index (Phi) is 4.60. The number of ether oxygens (including phenoxy) is 1. The maximum absolute atomic E-state index is 11.3. The lowest BCUT2D eigenvalue weighted by Gasteiger charge is -2.11. The molecule has 0 aliphatic rings. The minimum atomic E-state index is -0.461. The zero-order valence-electron chi connectivity index (χ0n) is 11.4. The van der Waals surface area contributed by atoms with Crippen LogP contribution in [0, 0.1) is 0 Å². The molecule has 0 saturated heterocycles.